The molecule has 0 saturated carbocycles. The lowest BCUT2D eigenvalue weighted by molar-refractivity contribution is 0.103. The molecule has 0 amide bonds. The van der Waals surface area contributed by atoms with Crippen LogP contribution in [-0.2, 0) is 0 Å². The van der Waals surface area contributed by atoms with Crippen LogP contribution in [0.2, 0.25) is 0 Å². The van der Waals surface area contributed by atoms with E-state index >= 15 is 0 Å². The summed E-state index contributed by atoms with van der Waals surface area (Å²) in [6.07, 6.45) is 2.28. The second-order valence-electron chi connectivity index (χ2n) is 3.29. The van der Waals surface area contributed by atoms with Crippen molar-refractivity contribution >= 4 is 12.1 Å². The lowest BCUT2D eigenvalue weighted by Gasteiger charge is -2.00. The average Bonchev–Trinajstić information content (AvgIpc) is 2.39. The SMILES string of the molecule is O=Cc1cccc(C(=O)c2ccccn2)c1. The van der Waals surface area contributed by atoms with Gasteiger partial charge in [-0.2, -0.15) is 0 Å². The van der Waals surface area contributed by atoms with Crippen LogP contribution < -0.4 is 0 Å². The number of carbonyl (C=O) groups excluding carboxylic acids is 2. The maximum Gasteiger partial charge on any atom is 0.211 e. The van der Waals surface area contributed by atoms with E-state index in [2.05, 4.69) is 4.98 Å². The Balaban J connectivity index is 2.38. The molecule has 0 unspecified atom stereocenters. The normalized spacial score (nSPS) is 9.75. The van der Waals surface area contributed by atoms with E-state index in [0.717, 1.165) is 6.29 Å². The topological polar surface area (TPSA) is 47.0 Å². The number of nitrogens with zero attached hydrogens (tertiary/aromatic N) is 1. The van der Waals surface area contributed by atoms with E-state index < -0.39 is 0 Å². The van der Waals surface area contributed by atoms with E-state index in [1.54, 1.807) is 48.7 Å². The molecule has 3 nitrogen and oxygen atoms in total. The zero-order valence-electron chi connectivity index (χ0n) is 8.46. The van der Waals surface area contributed by atoms with Crippen molar-refractivity contribution in [3.8, 4) is 0 Å². The Labute approximate surface area is 92.8 Å². The monoisotopic (exact) mass is 211 g/mol. The molecular weight excluding hydrogens is 202 g/mol. The van der Waals surface area contributed by atoms with E-state index in [1.165, 1.54) is 0 Å². The van der Waals surface area contributed by atoms with Gasteiger partial charge in [-0.05, 0) is 18.2 Å². The number of pyridine rings is 1. The summed E-state index contributed by atoms with van der Waals surface area (Å²) in [7, 11) is 0. The van der Waals surface area contributed by atoms with Gasteiger partial charge in [0.2, 0.25) is 5.78 Å². The smallest absolute Gasteiger partial charge is 0.211 e. The lowest BCUT2D eigenvalue weighted by Crippen LogP contribution is -2.03. The van der Waals surface area contributed by atoms with E-state index in [1.807, 2.05) is 0 Å². The van der Waals surface area contributed by atoms with Crippen LogP contribution in [0, 0.1) is 0 Å². The molecular formula is C13H9NO2. The molecule has 0 fully saturated rings. The maximum absolute atomic E-state index is 11.9. The highest BCUT2D eigenvalue weighted by atomic mass is 16.1. The molecule has 2 aromatic rings. The van der Waals surface area contributed by atoms with Crippen molar-refractivity contribution in [2.24, 2.45) is 0 Å². The highest BCUT2D eigenvalue weighted by molar-refractivity contribution is 6.08. The Morgan fingerprint density at radius 2 is 2.00 bits per heavy atom. The van der Waals surface area contributed by atoms with Gasteiger partial charge in [0.25, 0.3) is 0 Å². The number of hydrogen-bond acceptors (Lipinski definition) is 3. The minimum absolute atomic E-state index is 0.177. The predicted molar refractivity (Wildman–Crippen MR) is 59.5 cm³/mol. The van der Waals surface area contributed by atoms with Gasteiger partial charge in [-0.1, -0.05) is 24.3 Å². The molecule has 0 atom stereocenters. The molecule has 3 heteroatoms. The standard InChI is InChI=1S/C13H9NO2/c15-9-10-4-3-5-11(8-10)13(16)12-6-1-2-7-14-12/h1-9H. The first kappa shape index (κ1) is 10.2. The molecule has 78 valence electrons. The van der Waals surface area contributed by atoms with E-state index in [4.69, 9.17) is 0 Å². The molecule has 0 bridgehead atoms. The largest absolute Gasteiger partial charge is 0.298 e. The molecule has 0 radical (unpaired) electrons. The fraction of sp³-hybridized carbons (Fsp3) is 0. The zero-order chi connectivity index (χ0) is 11.4. The van der Waals surface area contributed by atoms with E-state index in [9.17, 15) is 9.59 Å². The molecule has 0 spiro atoms. The summed E-state index contributed by atoms with van der Waals surface area (Å²) >= 11 is 0. The van der Waals surface area contributed by atoms with Crippen molar-refractivity contribution in [2.75, 3.05) is 0 Å². The highest BCUT2D eigenvalue weighted by Gasteiger charge is 2.09. The van der Waals surface area contributed by atoms with Crippen LogP contribution in [0.25, 0.3) is 0 Å². The molecule has 1 heterocycles. The molecule has 16 heavy (non-hydrogen) atoms. The van der Waals surface area contributed by atoms with Crippen LogP contribution >= 0.6 is 0 Å². The molecule has 0 aliphatic heterocycles. The number of aldehydes is 1. The second-order valence-corrected chi connectivity index (χ2v) is 3.29. The number of aromatic nitrogens is 1. The van der Waals surface area contributed by atoms with Crippen LogP contribution in [0.15, 0.2) is 48.7 Å². The van der Waals surface area contributed by atoms with Gasteiger partial charge in [0, 0.05) is 17.3 Å². The first-order valence-electron chi connectivity index (χ1n) is 4.82. The fourth-order valence-corrected chi connectivity index (χ4v) is 1.40. The van der Waals surface area contributed by atoms with E-state index in [0.29, 0.717) is 16.8 Å². The summed E-state index contributed by atoms with van der Waals surface area (Å²) in [6, 6.07) is 11.7. The van der Waals surface area contributed by atoms with Crippen molar-refractivity contribution in [1.82, 2.24) is 4.98 Å². The summed E-state index contributed by atoms with van der Waals surface area (Å²) in [6.45, 7) is 0. The van der Waals surface area contributed by atoms with Crippen LogP contribution in [0.3, 0.4) is 0 Å². The summed E-state index contributed by atoms with van der Waals surface area (Å²) in [5.41, 5.74) is 1.34. The minimum atomic E-state index is -0.177. The van der Waals surface area contributed by atoms with Gasteiger partial charge in [-0.15, -0.1) is 0 Å². The number of hydrogen-bond donors (Lipinski definition) is 0. The third-order valence-electron chi connectivity index (χ3n) is 2.18. The zero-order valence-corrected chi connectivity index (χ0v) is 8.46. The van der Waals surface area contributed by atoms with Gasteiger partial charge in [0.1, 0.15) is 12.0 Å². The molecule has 1 aromatic heterocycles. The summed E-state index contributed by atoms with van der Waals surface area (Å²) in [5, 5.41) is 0. The molecule has 2 rings (SSSR count). The van der Waals surface area contributed by atoms with Gasteiger partial charge < -0.3 is 0 Å². The second kappa shape index (κ2) is 4.49. The first-order chi connectivity index (χ1) is 7.81. The molecule has 0 N–H and O–H groups in total. The fourth-order valence-electron chi connectivity index (χ4n) is 1.40. The Hall–Kier alpha value is -2.29. The Kier molecular flexibility index (Phi) is 2.87. The van der Waals surface area contributed by atoms with Crippen molar-refractivity contribution < 1.29 is 9.59 Å². The van der Waals surface area contributed by atoms with Crippen LogP contribution in [0.1, 0.15) is 26.4 Å². The third kappa shape index (κ3) is 2.03. The number of ketones is 1. The summed E-state index contributed by atoms with van der Waals surface area (Å²) < 4.78 is 0. The first-order valence-corrected chi connectivity index (χ1v) is 4.82. The Morgan fingerprint density at radius 1 is 1.12 bits per heavy atom. The molecule has 0 saturated heterocycles. The van der Waals surface area contributed by atoms with Crippen molar-refractivity contribution in [3.05, 3.63) is 65.5 Å². The van der Waals surface area contributed by atoms with E-state index in [-0.39, 0.29) is 5.78 Å². The molecule has 1 aromatic carbocycles. The van der Waals surface area contributed by atoms with Crippen LogP contribution in [-0.4, -0.2) is 17.1 Å². The van der Waals surface area contributed by atoms with Gasteiger partial charge >= 0.3 is 0 Å². The van der Waals surface area contributed by atoms with Crippen LogP contribution in [0.4, 0.5) is 0 Å². The average molecular weight is 211 g/mol. The number of carbonyl (C=O) groups is 2. The number of benzene rings is 1. The van der Waals surface area contributed by atoms with Gasteiger partial charge in [0.05, 0.1) is 0 Å². The van der Waals surface area contributed by atoms with Gasteiger partial charge in [-0.3, -0.25) is 14.6 Å². The summed E-state index contributed by atoms with van der Waals surface area (Å²) in [5.74, 6) is -0.177. The van der Waals surface area contributed by atoms with Crippen molar-refractivity contribution in [3.63, 3.8) is 0 Å². The van der Waals surface area contributed by atoms with Crippen LogP contribution in [0.5, 0.6) is 0 Å². The highest BCUT2D eigenvalue weighted by Crippen LogP contribution is 2.08. The molecule has 0 aliphatic carbocycles. The maximum atomic E-state index is 11.9. The predicted octanol–water partition coefficient (Wildman–Crippen LogP) is 2.13. The van der Waals surface area contributed by atoms with Crippen molar-refractivity contribution in [2.45, 2.75) is 0 Å². The quantitative estimate of drug-likeness (QED) is 0.577. The third-order valence-corrected chi connectivity index (χ3v) is 2.18. The molecule has 0 aliphatic rings. The lowest BCUT2D eigenvalue weighted by atomic mass is 10.1. The minimum Gasteiger partial charge on any atom is -0.298 e. The van der Waals surface area contributed by atoms with Gasteiger partial charge in [-0.25, -0.2) is 0 Å². The van der Waals surface area contributed by atoms with Crippen molar-refractivity contribution in [1.29, 1.82) is 0 Å². The Bertz CT molecular complexity index is 520. The number of rotatable bonds is 3. The Morgan fingerprint density at radius 3 is 2.69 bits per heavy atom. The summed E-state index contributed by atoms with van der Waals surface area (Å²) in [4.78, 5) is 26.5. The van der Waals surface area contributed by atoms with Gasteiger partial charge in [0.15, 0.2) is 0 Å².